The molecule has 0 unspecified atom stereocenters. The van der Waals surface area contributed by atoms with Gasteiger partial charge in [0.1, 0.15) is 0 Å². The largest absolute Gasteiger partial charge is 0.113 e. The minimum absolute atomic E-state index is 0.949. The molecular formula is C20H28S4. The van der Waals surface area contributed by atoms with E-state index < -0.39 is 0 Å². The van der Waals surface area contributed by atoms with Crippen LogP contribution in [0.2, 0.25) is 0 Å². The summed E-state index contributed by atoms with van der Waals surface area (Å²) >= 11 is 9.25. The van der Waals surface area contributed by atoms with E-state index in [2.05, 4.69) is 74.7 Å². The maximum absolute atomic E-state index is 2.53. The third-order valence-electron chi connectivity index (χ3n) is 8.92. The van der Waals surface area contributed by atoms with Crippen LogP contribution in [-0.4, -0.2) is 21.0 Å². The van der Waals surface area contributed by atoms with Gasteiger partial charge < -0.3 is 0 Å². The molecule has 4 bridgehead atoms. The SMILES string of the molecule is C[C@@H]1[C@H](C)[C@H]2C[C@H]1[C@@H]1SC(=C3S[C@@H]4[C@H]5C[C@@H]([C@@H](C)[C@H]5C)[C@H]4S3)S[C@H]21. The van der Waals surface area contributed by atoms with Crippen molar-refractivity contribution in [2.75, 3.05) is 0 Å². The van der Waals surface area contributed by atoms with E-state index in [1.54, 1.807) is 8.47 Å². The van der Waals surface area contributed by atoms with Crippen LogP contribution in [-0.2, 0) is 0 Å². The summed E-state index contributed by atoms with van der Waals surface area (Å²) in [6, 6.07) is 0. The van der Waals surface area contributed by atoms with Crippen LogP contribution < -0.4 is 0 Å². The molecule has 0 N–H and O–H groups in total. The maximum atomic E-state index is 2.53. The lowest BCUT2D eigenvalue weighted by atomic mass is 9.81. The minimum Gasteiger partial charge on any atom is -0.113 e. The number of rotatable bonds is 0. The van der Waals surface area contributed by atoms with Gasteiger partial charge in [-0.25, -0.2) is 0 Å². The van der Waals surface area contributed by atoms with Gasteiger partial charge in [-0.05, 0) is 60.2 Å². The van der Waals surface area contributed by atoms with Crippen LogP contribution >= 0.6 is 47.0 Å². The van der Waals surface area contributed by atoms with Crippen molar-refractivity contribution in [3.63, 3.8) is 0 Å². The molecule has 6 rings (SSSR count). The molecule has 12 atom stereocenters. The summed E-state index contributed by atoms with van der Waals surface area (Å²) in [5, 5.41) is 3.80. The zero-order chi connectivity index (χ0) is 16.3. The van der Waals surface area contributed by atoms with Gasteiger partial charge >= 0.3 is 0 Å². The molecule has 2 saturated heterocycles. The monoisotopic (exact) mass is 396 g/mol. The fourth-order valence-corrected chi connectivity index (χ4v) is 15.6. The Bertz CT molecular complexity index is 515. The molecule has 0 amide bonds. The van der Waals surface area contributed by atoms with Crippen molar-refractivity contribution in [1.29, 1.82) is 0 Å². The van der Waals surface area contributed by atoms with Crippen LogP contribution in [0.1, 0.15) is 40.5 Å². The first kappa shape index (κ1) is 16.1. The standard InChI is InChI=1S/C20H28S4/c1-7-8(2)12-5-11(7)15-16(12)22-19(21-15)20-23-17-13-6-14(18(17)24-20)10(4)9(13)3/h7-18H,5-6H2,1-4H3/t7-,8+,9-,10+,11-,12-,13+,14+,15+,16-,17-,18-/m1/s1. The number of thioether (sulfide) groups is 4. The average molecular weight is 397 g/mol. The molecule has 0 nitrogen and oxygen atoms in total. The second-order valence-electron chi connectivity index (χ2n) is 9.47. The van der Waals surface area contributed by atoms with E-state index in [1.165, 1.54) is 12.8 Å². The average Bonchev–Trinajstić information content (AvgIpc) is 3.30. The second kappa shape index (κ2) is 5.35. The summed E-state index contributed by atoms with van der Waals surface area (Å²) in [5.41, 5.74) is 0. The Balaban J connectivity index is 1.26. The van der Waals surface area contributed by atoms with Gasteiger partial charge in [0.15, 0.2) is 0 Å². The van der Waals surface area contributed by atoms with E-state index in [9.17, 15) is 0 Å². The molecule has 4 heteroatoms. The van der Waals surface area contributed by atoms with Crippen molar-refractivity contribution in [2.45, 2.75) is 61.5 Å². The third-order valence-corrected chi connectivity index (χ3v) is 16.3. The van der Waals surface area contributed by atoms with Crippen LogP contribution in [0.5, 0.6) is 0 Å². The number of fused-ring (bicyclic) bond motifs is 10. The van der Waals surface area contributed by atoms with Gasteiger partial charge in [0.25, 0.3) is 0 Å². The summed E-state index contributed by atoms with van der Waals surface area (Å²) in [7, 11) is 0. The van der Waals surface area contributed by atoms with Gasteiger partial charge in [-0.1, -0.05) is 27.7 Å². The second-order valence-corrected chi connectivity index (χ2v) is 14.7. The summed E-state index contributed by atoms with van der Waals surface area (Å²) in [5.74, 6) is 7.92. The van der Waals surface area contributed by atoms with Gasteiger partial charge in [-0.2, -0.15) is 0 Å². The van der Waals surface area contributed by atoms with E-state index in [0.29, 0.717) is 0 Å². The van der Waals surface area contributed by atoms with Gasteiger partial charge in [-0.15, -0.1) is 47.0 Å². The Kier molecular flexibility index (Phi) is 3.60. The Morgan fingerprint density at radius 2 is 0.750 bits per heavy atom. The first-order chi connectivity index (χ1) is 11.5. The first-order valence-electron chi connectivity index (χ1n) is 9.95. The Morgan fingerprint density at radius 3 is 1.00 bits per heavy atom. The molecular weight excluding hydrogens is 368 g/mol. The zero-order valence-corrected chi connectivity index (χ0v) is 18.2. The molecule has 0 radical (unpaired) electrons. The van der Waals surface area contributed by atoms with Crippen molar-refractivity contribution in [3.8, 4) is 0 Å². The molecule has 0 spiro atoms. The Hall–Kier alpha value is 1.14. The number of hydrogen-bond donors (Lipinski definition) is 0. The van der Waals surface area contributed by atoms with Crippen molar-refractivity contribution in [3.05, 3.63) is 8.47 Å². The topological polar surface area (TPSA) is 0 Å². The van der Waals surface area contributed by atoms with Crippen molar-refractivity contribution >= 4 is 47.0 Å². The highest BCUT2D eigenvalue weighted by Gasteiger charge is 2.61. The molecule has 0 aromatic carbocycles. The van der Waals surface area contributed by atoms with Gasteiger partial charge in [0, 0.05) is 21.0 Å². The van der Waals surface area contributed by atoms with Crippen LogP contribution in [0.15, 0.2) is 8.47 Å². The van der Waals surface area contributed by atoms with Gasteiger partial charge in [0.2, 0.25) is 0 Å². The van der Waals surface area contributed by atoms with Crippen molar-refractivity contribution in [1.82, 2.24) is 0 Å². The maximum Gasteiger partial charge on any atom is 0.0609 e. The highest BCUT2D eigenvalue weighted by atomic mass is 32.2. The molecule has 6 fully saturated rings. The van der Waals surface area contributed by atoms with Crippen LogP contribution in [0.4, 0.5) is 0 Å². The van der Waals surface area contributed by atoms with Gasteiger partial charge in [0.05, 0.1) is 8.47 Å². The van der Waals surface area contributed by atoms with Crippen LogP contribution in [0.25, 0.3) is 0 Å². The fraction of sp³-hybridized carbons (Fsp3) is 0.900. The zero-order valence-electron chi connectivity index (χ0n) is 15.0. The summed E-state index contributed by atoms with van der Waals surface area (Å²) in [6.45, 7) is 10.1. The highest BCUT2D eigenvalue weighted by Crippen LogP contribution is 2.72. The molecule has 0 aromatic heterocycles. The predicted octanol–water partition coefficient (Wildman–Crippen LogP) is 6.39. The highest BCUT2D eigenvalue weighted by molar-refractivity contribution is 8.31. The van der Waals surface area contributed by atoms with Crippen LogP contribution in [0.3, 0.4) is 0 Å². The van der Waals surface area contributed by atoms with E-state index in [4.69, 9.17) is 0 Å². The van der Waals surface area contributed by atoms with E-state index >= 15 is 0 Å². The first-order valence-corrected chi connectivity index (χ1v) is 13.5. The van der Waals surface area contributed by atoms with E-state index in [0.717, 1.165) is 68.3 Å². The molecule has 0 aromatic rings. The Labute approximate surface area is 163 Å². The summed E-state index contributed by atoms with van der Waals surface area (Å²) < 4.78 is 3.51. The Morgan fingerprint density at radius 1 is 0.500 bits per heavy atom. The van der Waals surface area contributed by atoms with E-state index in [-0.39, 0.29) is 0 Å². The molecule has 4 aliphatic carbocycles. The quantitative estimate of drug-likeness (QED) is 0.465. The fourth-order valence-electron chi connectivity index (χ4n) is 7.11. The van der Waals surface area contributed by atoms with Gasteiger partial charge in [-0.3, -0.25) is 0 Å². The smallest absolute Gasteiger partial charge is 0.0609 e. The summed E-state index contributed by atoms with van der Waals surface area (Å²) in [6.07, 6.45) is 3.07. The van der Waals surface area contributed by atoms with Crippen molar-refractivity contribution < 1.29 is 0 Å². The molecule has 132 valence electrons. The molecule has 2 aliphatic heterocycles. The molecule has 2 heterocycles. The summed E-state index contributed by atoms with van der Waals surface area (Å²) in [4.78, 5) is 0. The predicted molar refractivity (Wildman–Crippen MR) is 112 cm³/mol. The third kappa shape index (κ3) is 1.91. The lowest BCUT2D eigenvalue weighted by molar-refractivity contribution is 0.274. The molecule has 6 aliphatic rings. The van der Waals surface area contributed by atoms with E-state index in [1.807, 2.05) is 0 Å². The normalized spacial score (nSPS) is 66.5. The molecule has 4 saturated carbocycles. The van der Waals surface area contributed by atoms with Crippen LogP contribution in [0, 0.1) is 47.3 Å². The minimum atomic E-state index is 0.949. The number of hydrogen-bond acceptors (Lipinski definition) is 4. The lowest BCUT2D eigenvalue weighted by Crippen LogP contribution is -2.33. The van der Waals surface area contributed by atoms with Crippen molar-refractivity contribution in [2.24, 2.45) is 47.3 Å². The lowest BCUT2D eigenvalue weighted by Gasteiger charge is -2.32. The molecule has 24 heavy (non-hydrogen) atoms.